The van der Waals surface area contributed by atoms with E-state index in [2.05, 4.69) is 5.32 Å². The summed E-state index contributed by atoms with van der Waals surface area (Å²) in [6, 6.07) is 3.82. The van der Waals surface area contributed by atoms with Gasteiger partial charge in [-0.15, -0.1) is 0 Å². The van der Waals surface area contributed by atoms with E-state index in [1.165, 1.54) is 0 Å². The molecule has 74 valence electrons. The SMILES string of the molecule is OC1CNCc2cc3c(cc21)OCO3. The largest absolute Gasteiger partial charge is 0.454 e. The van der Waals surface area contributed by atoms with Gasteiger partial charge in [-0.25, -0.2) is 0 Å². The predicted octanol–water partition coefficient (Wildman–Crippen LogP) is 0.552. The van der Waals surface area contributed by atoms with Crippen LogP contribution in [0.1, 0.15) is 17.2 Å². The number of hydrogen-bond donors (Lipinski definition) is 2. The maximum atomic E-state index is 9.73. The molecule has 0 amide bonds. The number of fused-ring (bicyclic) bond motifs is 2. The number of nitrogens with one attached hydrogen (secondary N) is 1. The highest BCUT2D eigenvalue weighted by Gasteiger charge is 2.23. The van der Waals surface area contributed by atoms with Crippen LogP contribution in [0.4, 0.5) is 0 Å². The Morgan fingerprint density at radius 1 is 1.29 bits per heavy atom. The fraction of sp³-hybridized carbons (Fsp3) is 0.400. The van der Waals surface area contributed by atoms with Crippen LogP contribution in [0.5, 0.6) is 11.5 Å². The molecule has 0 saturated heterocycles. The minimum atomic E-state index is -0.437. The summed E-state index contributed by atoms with van der Waals surface area (Å²) in [4.78, 5) is 0. The van der Waals surface area contributed by atoms with Gasteiger partial charge in [-0.3, -0.25) is 0 Å². The molecule has 14 heavy (non-hydrogen) atoms. The third-order valence-corrected chi connectivity index (χ3v) is 2.65. The lowest BCUT2D eigenvalue weighted by molar-refractivity contribution is 0.164. The molecule has 2 aliphatic rings. The topological polar surface area (TPSA) is 50.7 Å². The maximum absolute atomic E-state index is 9.73. The van der Waals surface area contributed by atoms with E-state index in [9.17, 15) is 5.11 Å². The molecule has 4 heteroatoms. The number of benzene rings is 1. The van der Waals surface area contributed by atoms with Gasteiger partial charge in [-0.2, -0.15) is 0 Å². The van der Waals surface area contributed by atoms with Crippen LogP contribution in [0.3, 0.4) is 0 Å². The summed E-state index contributed by atoms with van der Waals surface area (Å²) >= 11 is 0. The molecule has 1 aromatic rings. The minimum absolute atomic E-state index is 0.280. The molecular weight excluding hydrogens is 182 g/mol. The molecule has 4 nitrogen and oxygen atoms in total. The summed E-state index contributed by atoms with van der Waals surface area (Å²) in [5.74, 6) is 1.52. The molecule has 2 heterocycles. The second-order valence-corrected chi connectivity index (χ2v) is 3.55. The van der Waals surface area contributed by atoms with Crippen molar-refractivity contribution in [1.82, 2.24) is 5.32 Å². The lowest BCUT2D eigenvalue weighted by Gasteiger charge is -2.22. The Morgan fingerprint density at radius 2 is 2.07 bits per heavy atom. The Balaban J connectivity index is 2.12. The summed E-state index contributed by atoms with van der Waals surface area (Å²) in [5, 5.41) is 12.9. The van der Waals surface area contributed by atoms with E-state index in [4.69, 9.17) is 9.47 Å². The smallest absolute Gasteiger partial charge is 0.231 e. The van der Waals surface area contributed by atoms with Crippen LogP contribution in [0.2, 0.25) is 0 Å². The Hall–Kier alpha value is -1.26. The first-order chi connectivity index (χ1) is 6.84. The van der Waals surface area contributed by atoms with Gasteiger partial charge in [0.25, 0.3) is 0 Å². The minimum Gasteiger partial charge on any atom is -0.454 e. The third kappa shape index (κ3) is 1.08. The molecule has 0 fully saturated rings. The lowest BCUT2D eigenvalue weighted by Crippen LogP contribution is -2.27. The number of rotatable bonds is 0. The van der Waals surface area contributed by atoms with Gasteiger partial charge in [-0.05, 0) is 23.3 Å². The normalized spacial score (nSPS) is 23.4. The second kappa shape index (κ2) is 2.87. The molecule has 2 aliphatic heterocycles. The van der Waals surface area contributed by atoms with Crippen molar-refractivity contribution in [3.8, 4) is 11.5 Å². The summed E-state index contributed by atoms with van der Waals surface area (Å²) in [7, 11) is 0. The van der Waals surface area contributed by atoms with Crippen LogP contribution in [0, 0.1) is 0 Å². The Kier molecular flexibility index (Phi) is 1.65. The van der Waals surface area contributed by atoms with Gasteiger partial charge in [0.2, 0.25) is 6.79 Å². The average Bonchev–Trinajstić information content (AvgIpc) is 2.62. The van der Waals surface area contributed by atoms with Gasteiger partial charge in [0.05, 0.1) is 6.10 Å². The Bertz CT molecular complexity index is 378. The fourth-order valence-electron chi connectivity index (χ4n) is 1.92. The summed E-state index contributed by atoms with van der Waals surface area (Å²) < 4.78 is 10.5. The lowest BCUT2D eigenvalue weighted by atomic mass is 9.98. The highest BCUT2D eigenvalue weighted by molar-refractivity contribution is 5.50. The summed E-state index contributed by atoms with van der Waals surface area (Å²) in [6.07, 6.45) is -0.437. The number of aliphatic hydroxyl groups excluding tert-OH is 1. The van der Waals surface area contributed by atoms with Crippen LogP contribution >= 0.6 is 0 Å². The van der Waals surface area contributed by atoms with E-state index in [-0.39, 0.29) is 6.79 Å². The van der Waals surface area contributed by atoms with E-state index < -0.39 is 6.10 Å². The zero-order chi connectivity index (χ0) is 9.54. The molecular formula is C10H11NO3. The molecule has 1 unspecified atom stereocenters. The standard InChI is InChI=1S/C10H11NO3/c12-8-4-11-3-6-1-9-10(2-7(6)8)14-5-13-9/h1-2,8,11-12H,3-5H2. The van der Waals surface area contributed by atoms with Gasteiger partial charge in [0.15, 0.2) is 11.5 Å². The van der Waals surface area contributed by atoms with Crippen LogP contribution < -0.4 is 14.8 Å². The Morgan fingerprint density at radius 3 is 2.93 bits per heavy atom. The van der Waals surface area contributed by atoms with E-state index in [0.29, 0.717) is 6.54 Å². The molecule has 0 saturated carbocycles. The molecule has 3 rings (SSSR count). The second-order valence-electron chi connectivity index (χ2n) is 3.55. The van der Waals surface area contributed by atoms with Crippen molar-refractivity contribution in [1.29, 1.82) is 0 Å². The Labute approximate surface area is 81.5 Å². The zero-order valence-corrected chi connectivity index (χ0v) is 7.62. The third-order valence-electron chi connectivity index (χ3n) is 2.65. The van der Waals surface area contributed by atoms with Crippen LogP contribution in [-0.4, -0.2) is 18.4 Å². The van der Waals surface area contributed by atoms with Crippen LogP contribution in [0.25, 0.3) is 0 Å². The summed E-state index contributed by atoms with van der Waals surface area (Å²) in [5.41, 5.74) is 2.04. The molecule has 0 radical (unpaired) electrons. The van der Waals surface area contributed by atoms with E-state index >= 15 is 0 Å². The van der Waals surface area contributed by atoms with E-state index in [0.717, 1.165) is 29.2 Å². The van der Waals surface area contributed by atoms with E-state index in [1.54, 1.807) is 0 Å². The molecule has 1 atom stereocenters. The van der Waals surface area contributed by atoms with Crippen molar-refractivity contribution in [2.45, 2.75) is 12.6 Å². The van der Waals surface area contributed by atoms with Crippen molar-refractivity contribution >= 4 is 0 Å². The van der Waals surface area contributed by atoms with Crippen molar-refractivity contribution in [3.05, 3.63) is 23.3 Å². The van der Waals surface area contributed by atoms with Gasteiger partial charge in [-0.1, -0.05) is 0 Å². The van der Waals surface area contributed by atoms with Gasteiger partial charge >= 0.3 is 0 Å². The molecule has 0 bridgehead atoms. The highest BCUT2D eigenvalue weighted by Crippen LogP contribution is 2.37. The number of β-amino-alcohol motifs (C(OH)–C–C–N with tert-alkyl or cyclic N) is 1. The number of ether oxygens (including phenoxy) is 2. The van der Waals surface area contributed by atoms with Crippen LogP contribution in [-0.2, 0) is 6.54 Å². The van der Waals surface area contributed by atoms with Crippen molar-refractivity contribution in [2.75, 3.05) is 13.3 Å². The predicted molar refractivity (Wildman–Crippen MR) is 49.2 cm³/mol. The van der Waals surface area contributed by atoms with Crippen molar-refractivity contribution < 1.29 is 14.6 Å². The molecule has 2 N–H and O–H groups in total. The van der Waals surface area contributed by atoms with Crippen LogP contribution in [0.15, 0.2) is 12.1 Å². The zero-order valence-electron chi connectivity index (χ0n) is 7.62. The number of hydrogen-bond acceptors (Lipinski definition) is 4. The maximum Gasteiger partial charge on any atom is 0.231 e. The molecule has 0 spiro atoms. The molecule has 1 aromatic carbocycles. The summed E-state index contributed by atoms with van der Waals surface area (Å²) in [6.45, 7) is 1.66. The first kappa shape index (κ1) is 8.08. The monoisotopic (exact) mass is 193 g/mol. The van der Waals surface area contributed by atoms with Crippen molar-refractivity contribution in [3.63, 3.8) is 0 Å². The fourth-order valence-corrected chi connectivity index (χ4v) is 1.92. The first-order valence-electron chi connectivity index (χ1n) is 4.66. The highest BCUT2D eigenvalue weighted by atomic mass is 16.7. The quantitative estimate of drug-likeness (QED) is 0.632. The molecule has 0 aliphatic carbocycles. The average molecular weight is 193 g/mol. The van der Waals surface area contributed by atoms with Gasteiger partial charge < -0.3 is 19.9 Å². The van der Waals surface area contributed by atoms with Gasteiger partial charge in [0, 0.05) is 13.1 Å². The van der Waals surface area contributed by atoms with Crippen molar-refractivity contribution in [2.24, 2.45) is 0 Å². The number of aliphatic hydroxyl groups is 1. The molecule has 0 aromatic heterocycles. The van der Waals surface area contributed by atoms with E-state index in [1.807, 2.05) is 12.1 Å². The first-order valence-corrected chi connectivity index (χ1v) is 4.66. The van der Waals surface area contributed by atoms with Gasteiger partial charge in [0.1, 0.15) is 0 Å².